The fourth-order valence-electron chi connectivity index (χ4n) is 3.94. The van der Waals surface area contributed by atoms with Gasteiger partial charge in [0, 0.05) is 17.9 Å². The molecule has 1 saturated heterocycles. The number of nitrogens with zero attached hydrogens (tertiary/aromatic N) is 1. The maximum Gasteiger partial charge on any atom is 0.330 e. The van der Waals surface area contributed by atoms with Crippen molar-refractivity contribution in [2.45, 2.75) is 57.6 Å². The molecule has 1 aliphatic heterocycles. The molecule has 2 aromatic rings. The quantitative estimate of drug-likeness (QED) is 0.455. The van der Waals surface area contributed by atoms with Gasteiger partial charge in [-0.1, -0.05) is 42.5 Å². The first-order chi connectivity index (χ1) is 18.1. The number of thioether (sulfide) groups is 1. The third-order valence-corrected chi connectivity index (χ3v) is 6.88. The van der Waals surface area contributed by atoms with Crippen molar-refractivity contribution >= 4 is 41.3 Å². The summed E-state index contributed by atoms with van der Waals surface area (Å²) in [6, 6.07) is 15.3. The molecule has 204 valence electrons. The Balaban J connectivity index is 1.63. The Kier molecular flexibility index (Phi) is 10.2. The molecule has 1 heterocycles. The third kappa shape index (κ3) is 8.51. The van der Waals surface area contributed by atoms with Crippen LogP contribution in [0.3, 0.4) is 0 Å². The lowest BCUT2D eigenvalue weighted by atomic mass is 10.1. The predicted octanol–water partition coefficient (Wildman–Crippen LogP) is 4.29. The van der Waals surface area contributed by atoms with E-state index in [1.807, 2.05) is 36.4 Å². The number of amides is 3. The van der Waals surface area contributed by atoms with E-state index in [1.165, 1.54) is 16.7 Å². The van der Waals surface area contributed by atoms with Crippen LogP contribution in [0.5, 0.6) is 0 Å². The molecule has 0 aromatic heterocycles. The van der Waals surface area contributed by atoms with Crippen LogP contribution >= 0.6 is 11.8 Å². The maximum atomic E-state index is 13.3. The Labute approximate surface area is 227 Å². The Morgan fingerprint density at radius 2 is 1.79 bits per heavy atom. The van der Waals surface area contributed by atoms with Gasteiger partial charge in [0.15, 0.2) is 0 Å². The zero-order valence-corrected chi connectivity index (χ0v) is 23.0. The topological polar surface area (TPSA) is 114 Å². The predicted molar refractivity (Wildman–Crippen MR) is 147 cm³/mol. The number of anilines is 1. The standard InChI is InChI=1S/C28H35N3O6S/c1-5-36-24(33)15-14-19-10-9-13-21(16-19)30-27(35)29-17-23(32)31-22(26(34)37-28(2,3)4)18-38-25(31)20-11-7-6-8-12-20/h6-13,16,22,25H,5,14-15,17-18H2,1-4H3,(H2,29,30,35)/t22-,25+/m0/s1. The molecule has 3 amide bonds. The van der Waals surface area contributed by atoms with Gasteiger partial charge in [-0.3, -0.25) is 9.59 Å². The summed E-state index contributed by atoms with van der Waals surface area (Å²) in [5, 5.41) is 4.94. The molecule has 9 nitrogen and oxygen atoms in total. The van der Waals surface area contributed by atoms with Crippen molar-refractivity contribution in [3.63, 3.8) is 0 Å². The lowest BCUT2D eigenvalue weighted by Crippen LogP contribution is -2.49. The Morgan fingerprint density at radius 3 is 2.47 bits per heavy atom. The number of esters is 2. The fraction of sp³-hybridized carbons (Fsp3) is 0.429. The van der Waals surface area contributed by atoms with E-state index in [0.29, 0.717) is 24.5 Å². The number of hydrogen-bond donors (Lipinski definition) is 2. The highest BCUT2D eigenvalue weighted by Gasteiger charge is 2.43. The number of carbonyl (C=O) groups excluding carboxylic acids is 4. The number of hydrogen-bond acceptors (Lipinski definition) is 7. The minimum Gasteiger partial charge on any atom is -0.466 e. The van der Waals surface area contributed by atoms with E-state index in [-0.39, 0.29) is 24.3 Å². The molecule has 0 spiro atoms. The highest BCUT2D eigenvalue weighted by atomic mass is 32.2. The molecule has 0 bridgehead atoms. The molecule has 3 rings (SSSR count). The maximum absolute atomic E-state index is 13.3. The molecular weight excluding hydrogens is 506 g/mol. The minimum absolute atomic E-state index is 0.243. The lowest BCUT2D eigenvalue weighted by molar-refractivity contribution is -0.163. The van der Waals surface area contributed by atoms with Crippen molar-refractivity contribution in [1.82, 2.24) is 10.2 Å². The summed E-state index contributed by atoms with van der Waals surface area (Å²) in [7, 11) is 0. The van der Waals surface area contributed by atoms with Crippen LogP contribution in [0.2, 0.25) is 0 Å². The number of aryl methyl sites for hydroxylation is 1. The van der Waals surface area contributed by atoms with Gasteiger partial charge in [0.2, 0.25) is 5.91 Å². The first-order valence-electron chi connectivity index (χ1n) is 12.6. The molecule has 1 aliphatic rings. The van der Waals surface area contributed by atoms with E-state index in [0.717, 1.165) is 11.1 Å². The number of urea groups is 1. The smallest absolute Gasteiger partial charge is 0.330 e. The van der Waals surface area contributed by atoms with Crippen LogP contribution in [0.1, 0.15) is 50.6 Å². The van der Waals surface area contributed by atoms with Crippen LogP contribution < -0.4 is 10.6 Å². The van der Waals surface area contributed by atoms with Gasteiger partial charge in [-0.05, 0) is 57.4 Å². The van der Waals surface area contributed by atoms with E-state index in [4.69, 9.17) is 9.47 Å². The average molecular weight is 542 g/mol. The van der Waals surface area contributed by atoms with E-state index >= 15 is 0 Å². The summed E-state index contributed by atoms with van der Waals surface area (Å²) in [5.74, 6) is -0.745. The fourth-order valence-corrected chi connectivity index (χ4v) is 5.38. The second-order valence-corrected chi connectivity index (χ2v) is 10.9. The molecule has 0 saturated carbocycles. The van der Waals surface area contributed by atoms with Crippen molar-refractivity contribution in [2.75, 3.05) is 24.2 Å². The van der Waals surface area contributed by atoms with E-state index in [9.17, 15) is 19.2 Å². The second kappa shape index (κ2) is 13.3. The van der Waals surface area contributed by atoms with Gasteiger partial charge < -0.3 is 25.0 Å². The van der Waals surface area contributed by atoms with Crippen molar-refractivity contribution in [2.24, 2.45) is 0 Å². The zero-order valence-electron chi connectivity index (χ0n) is 22.2. The van der Waals surface area contributed by atoms with Crippen LogP contribution in [-0.4, -0.2) is 59.3 Å². The lowest BCUT2D eigenvalue weighted by Gasteiger charge is -2.30. The largest absolute Gasteiger partial charge is 0.466 e. The van der Waals surface area contributed by atoms with Crippen LogP contribution in [0.15, 0.2) is 54.6 Å². The summed E-state index contributed by atoms with van der Waals surface area (Å²) in [6.45, 7) is 7.15. The van der Waals surface area contributed by atoms with E-state index < -0.39 is 29.6 Å². The minimum atomic E-state index is -0.766. The highest BCUT2D eigenvalue weighted by Crippen LogP contribution is 2.41. The van der Waals surface area contributed by atoms with Gasteiger partial charge in [-0.15, -0.1) is 11.8 Å². The SMILES string of the molecule is CCOC(=O)CCc1cccc(NC(=O)NCC(=O)N2[C@@H](c3ccccc3)SC[C@H]2C(=O)OC(C)(C)C)c1. The summed E-state index contributed by atoms with van der Waals surface area (Å²) in [5.41, 5.74) is 1.60. The van der Waals surface area contributed by atoms with Crippen LogP contribution in [0.25, 0.3) is 0 Å². The number of ether oxygens (including phenoxy) is 2. The van der Waals surface area contributed by atoms with Crippen LogP contribution in [0.4, 0.5) is 10.5 Å². The van der Waals surface area contributed by atoms with Crippen LogP contribution in [0, 0.1) is 0 Å². The van der Waals surface area contributed by atoms with Gasteiger partial charge in [0.25, 0.3) is 0 Å². The molecule has 2 aromatic carbocycles. The Morgan fingerprint density at radius 1 is 1.05 bits per heavy atom. The second-order valence-electron chi connectivity index (χ2n) is 9.76. The summed E-state index contributed by atoms with van der Waals surface area (Å²) < 4.78 is 10.5. The van der Waals surface area contributed by atoms with Crippen LogP contribution in [-0.2, 0) is 30.3 Å². The van der Waals surface area contributed by atoms with Gasteiger partial charge in [0.1, 0.15) is 17.0 Å². The molecule has 0 radical (unpaired) electrons. The number of carbonyl (C=O) groups is 4. The van der Waals surface area contributed by atoms with E-state index in [1.54, 1.807) is 45.9 Å². The number of nitrogens with one attached hydrogen (secondary N) is 2. The normalized spacial score (nSPS) is 17.0. The molecule has 2 N–H and O–H groups in total. The number of benzene rings is 2. The Bertz CT molecular complexity index is 1130. The molecular formula is C28H35N3O6S. The molecule has 0 aliphatic carbocycles. The molecule has 38 heavy (non-hydrogen) atoms. The average Bonchev–Trinajstić information content (AvgIpc) is 3.32. The van der Waals surface area contributed by atoms with Gasteiger partial charge >= 0.3 is 18.0 Å². The van der Waals surface area contributed by atoms with Gasteiger partial charge in [0.05, 0.1) is 13.2 Å². The first-order valence-corrected chi connectivity index (χ1v) is 13.6. The Hall–Kier alpha value is -3.53. The molecule has 2 atom stereocenters. The highest BCUT2D eigenvalue weighted by molar-refractivity contribution is 7.99. The van der Waals surface area contributed by atoms with Gasteiger partial charge in [-0.25, -0.2) is 9.59 Å². The molecule has 1 fully saturated rings. The third-order valence-electron chi connectivity index (χ3n) is 5.56. The summed E-state index contributed by atoms with van der Waals surface area (Å²) >= 11 is 1.49. The zero-order chi connectivity index (χ0) is 27.7. The molecule has 10 heteroatoms. The van der Waals surface area contributed by atoms with Gasteiger partial charge in [-0.2, -0.15) is 0 Å². The monoisotopic (exact) mass is 541 g/mol. The summed E-state index contributed by atoms with van der Waals surface area (Å²) in [6.07, 6.45) is 0.723. The molecule has 0 unspecified atom stereocenters. The first kappa shape index (κ1) is 29.0. The van der Waals surface area contributed by atoms with E-state index in [2.05, 4.69) is 10.6 Å². The van der Waals surface area contributed by atoms with Crippen molar-refractivity contribution in [3.05, 3.63) is 65.7 Å². The number of rotatable bonds is 9. The van der Waals surface area contributed by atoms with Crippen molar-refractivity contribution in [3.8, 4) is 0 Å². The van der Waals surface area contributed by atoms with Crippen molar-refractivity contribution in [1.29, 1.82) is 0 Å². The van der Waals surface area contributed by atoms with Crippen molar-refractivity contribution < 1.29 is 28.7 Å². The summed E-state index contributed by atoms with van der Waals surface area (Å²) in [4.78, 5) is 52.0.